The number of hydrogen-bond donors (Lipinski definition) is 2. The van der Waals surface area contributed by atoms with Crippen molar-refractivity contribution < 1.29 is 19.1 Å². The van der Waals surface area contributed by atoms with Crippen LogP contribution in [-0.2, 0) is 16.0 Å². The molecule has 1 aliphatic rings. The molecule has 2 rings (SSSR count). The van der Waals surface area contributed by atoms with Gasteiger partial charge in [0.15, 0.2) is 0 Å². The molecule has 0 aliphatic carbocycles. The molecule has 2 N–H and O–H groups in total. The normalized spacial score (nSPS) is 15.9. The summed E-state index contributed by atoms with van der Waals surface area (Å²) in [5, 5.41) is 5.47. The van der Waals surface area contributed by atoms with Crippen LogP contribution in [0.5, 0.6) is 5.75 Å². The molecule has 0 atom stereocenters. The van der Waals surface area contributed by atoms with Crippen LogP contribution < -0.4 is 15.4 Å². The molecule has 0 radical (unpaired) electrons. The van der Waals surface area contributed by atoms with Gasteiger partial charge >= 0.3 is 6.03 Å². The second kappa shape index (κ2) is 8.00. The number of rotatable bonds is 8. The maximum Gasteiger partial charge on any atom is 0.325 e. The summed E-state index contributed by atoms with van der Waals surface area (Å²) in [6.45, 7) is 4.12. The number of amides is 4. The third-order valence-corrected chi connectivity index (χ3v) is 4.12. The van der Waals surface area contributed by atoms with E-state index in [0.717, 1.165) is 17.7 Å². The first-order valence-electron chi connectivity index (χ1n) is 8.37. The van der Waals surface area contributed by atoms with Crippen molar-refractivity contribution in [1.29, 1.82) is 0 Å². The van der Waals surface area contributed by atoms with Crippen LogP contribution in [0.1, 0.15) is 32.3 Å². The molecule has 0 bridgehead atoms. The van der Waals surface area contributed by atoms with E-state index in [0.29, 0.717) is 13.0 Å². The number of benzene rings is 1. The summed E-state index contributed by atoms with van der Waals surface area (Å²) in [5.74, 6) is 0.466. The first kappa shape index (κ1) is 18.8. The summed E-state index contributed by atoms with van der Waals surface area (Å²) in [6.07, 6.45) is 1.46. The molecule has 0 aromatic heterocycles. The minimum absolute atomic E-state index is 0.0835. The van der Waals surface area contributed by atoms with Crippen LogP contribution >= 0.6 is 0 Å². The summed E-state index contributed by atoms with van der Waals surface area (Å²) in [4.78, 5) is 36.8. The Hall–Kier alpha value is -2.57. The molecule has 0 unspecified atom stereocenters. The highest BCUT2D eigenvalue weighted by Gasteiger charge is 2.43. The van der Waals surface area contributed by atoms with E-state index in [1.54, 1.807) is 21.0 Å². The van der Waals surface area contributed by atoms with Crippen LogP contribution in [0, 0.1) is 0 Å². The number of nitrogens with one attached hydrogen (secondary N) is 2. The Morgan fingerprint density at radius 3 is 2.48 bits per heavy atom. The summed E-state index contributed by atoms with van der Waals surface area (Å²) in [6, 6.07) is 7.30. The van der Waals surface area contributed by atoms with Crippen LogP contribution in [0.2, 0.25) is 0 Å². The lowest BCUT2D eigenvalue weighted by atomic mass is 10.1. The second-order valence-electron chi connectivity index (χ2n) is 6.56. The van der Waals surface area contributed by atoms with Gasteiger partial charge in [0.05, 0.1) is 7.11 Å². The number of hydrogen-bond acceptors (Lipinski definition) is 4. The molecule has 0 spiro atoms. The Kier molecular flexibility index (Phi) is 6.01. The smallest absolute Gasteiger partial charge is 0.325 e. The van der Waals surface area contributed by atoms with E-state index in [4.69, 9.17) is 4.74 Å². The fourth-order valence-electron chi connectivity index (χ4n) is 2.65. The third kappa shape index (κ3) is 4.95. The average molecular weight is 347 g/mol. The van der Waals surface area contributed by atoms with E-state index in [9.17, 15) is 14.4 Å². The fourth-order valence-corrected chi connectivity index (χ4v) is 2.65. The third-order valence-electron chi connectivity index (χ3n) is 4.12. The molecule has 7 heteroatoms. The van der Waals surface area contributed by atoms with Gasteiger partial charge in [-0.3, -0.25) is 14.5 Å². The van der Waals surface area contributed by atoms with E-state index in [1.165, 1.54) is 4.90 Å². The van der Waals surface area contributed by atoms with Gasteiger partial charge in [-0.05, 0) is 44.4 Å². The van der Waals surface area contributed by atoms with Crippen molar-refractivity contribution in [2.45, 2.75) is 38.6 Å². The topological polar surface area (TPSA) is 87.7 Å². The number of carbonyl (C=O) groups is 3. The first-order valence-corrected chi connectivity index (χ1v) is 8.37. The Labute approximate surface area is 147 Å². The van der Waals surface area contributed by atoms with Gasteiger partial charge in [0, 0.05) is 19.5 Å². The molecular weight excluding hydrogens is 322 g/mol. The lowest BCUT2D eigenvalue weighted by Crippen LogP contribution is -2.40. The summed E-state index contributed by atoms with van der Waals surface area (Å²) < 4.78 is 5.10. The highest BCUT2D eigenvalue weighted by atomic mass is 16.5. The van der Waals surface area contributed by atoms with Gasteiger partial charge in [-0.2, -0.15) is 0 Å². The number of imide groups is 1. The van der Waals surface area contributed by atoms with Crippen molar-refractivity contribution in [3.63, 3.8) is 0 Å². The fraction of sp³-hybridized carbons (Fsp3) is 0.500. The van der Waals surface area contributed by atoms with Gasteiger partial charge in [0.2, 0.25) is 5.91 Å². The van der Waals surface area contributed by atoms with Crippen molar-refractivity contribution in [1.82, 2.24) is 15.5 Å². The van der Waals surface area contributed by atoms with Crippen LogP contribution in [-0.4, -0.2) is 48.5 Å². The highest BCUT2D eigenvalue weighted by Crippen LogP contribution is 2.17. The Bertz CT molecular complexity index is 640. The van der Waals surface area contributed by atoms with Crippen molar-refractivity contribution in [3.05, 3.63) is 29.8 Å². The number of nitrogens with zero attached hydrogens (tertiary/aromatic N) is 1. The minimum atomic E-state index is -0.863. The number of carbonyl (C=O) groups excluding carboxylic acids is 3. The average Bonchev–Trinajstić information content (AvgIpc) is 2.77. The molecular formula is C18H25N3O4. The molecule has 1 fully saturated rings. The Morgan fingerprint density at radius 2 is 1.92 bits per heavy atom. The Balaban J connectivity index is 1.65. The maximum absolute atomic E-state index is 12.0. The van der Waals surface area contributed by atoms with Crippen LogP contribution in [0.4, 0.5) is 4.79 Å². The van der Waals surface area contributed by atoms with Gasteiger partial charge < -0.3 is 15.4 Å². The minimum Gasteiger partial charge on any atom is -0.497 e. The summed E-state index contributed by atoms with van der Waals surface area (Å²) in [5.41, 5.74) is 0.250. The quantitative estimate of drug-likeness (QED) is 0.697. The Morgan fingerprint density at radius 1 is 1.24 bits per heavy atom. The van der Waals surface area contributed by atoms with E-state index in [2.05, 4.69) is 10.6 Å². The molecule has 1 saturated heterocycles. The highest BCUT2D eigenvalue weighted by molar-refractivity contribution is 6.06. The predicted octanol–water partition coefficient (Wildman–Crippen LogP) is 1.46. The first-order chi connectivity index (χ1) is 11.8. The standard InChI is InChI=1S/C18H25N3O4/c1-18(2)16(23)21(17(24)20-18)12-4-5-15(22)19-11-10-13-6-8-14(25-3)9-7-13/h6-9H,4-5,10-12H2,1-3H3,(H,19,22)(H,20,24). The van der Waals surface area contributed by atoms with E-state index in [-0.39, 0.29) is 24.8 Å². The number of ether oxygens (including phenoxy) is 1. The molecule has 0 saturated carbocycles. The monoisotopic (exact) mass is 347 g/mol. The van der Waals surface area contributed by atoms with Crippen molar-refractivity contribution in [3.8, 4) is 5.75 Å². The maximum atomic E-state index is 12.0. The summed E-state index contributed by atoms with van der Waals surface area (Å²) in [7, 11) is 1.62. The molecule has 1 aromatic carbocycles. The van der Waals surface area contributed by atoms with Gasteiger partial charge in [0.1, 0.15) is 11.3 Å². The molecule has 1 aliphatic heterocycles. The largest absolute Gasteiger partial charge is 0.497 e. The van der Waals surface area contributed by atoms with Crippen LogP contribution in [0.25, 0.3) is 0 Å². The molecule has 7 nitrogen and oxygen atoms in total. The lowest BCUT2D eigenvalue weighted by Gasteiger charge is -2.15. The van der Waals surface area contributed by atoms with E-state index >= 15 is 0 Å². The molecule has 4 amide bonds. The van der Waals surface area contributed by atoms with E-state index < -0.39 is 11.6 Å². The number of urea groups is 1. The SMILES string of the molecule is COc1ccc(CCNC(=O)CCCN2C(=O)NC(C)(C)C2=O)cc1. The van der Waals surface area contributed by atoms with Crippen molar-refractivity contribution >= 4 is 17.8 Å². The van der Waals surface area contributed by atoms with Gasteiger partial charge in [-0.25, -0.2) is 4.79 Å². The van der Waals surface area contributed by atoms with Crippen molar-refractivity contribution in [2.24, 2.45) is 0 Å². The van der Waals surface area contributed by atoms with Gasteiger partial charge in [-0.15, -0.1) is 0 Å². The van der Waals surface area contributed by atoms with Crippen LogP contribution in [0.15, 0.2) is 24.3 Å². The van der Waals surface area contributed by atoms with Crippen LogP contribution in [0.3, 0.4) is 0 Å². The molecule has 136 valence electrons. The summed E-state index contributed by atoms with van der Waals surface area (Å²) >= 11 is 0. The number of methoxy groups -OCH3 is 1. The second-order valence-corrected chi connectivity index (χ2v) is 6.56. The zero-order valence-electron chi connectivity index (χ0n) is 14.9. The van der Waals surface area contributed by atoms with Crippen molar-refractivity contribution in [2.75, 3.05) is 20.2 Å². The molecule has 1 heterocycles. The lowest BCUT2D eigenvalue weighted by molar-refractivity contribution is -0.130. The van der Waals surface area contributed by atoms with Gasteiger partial charge in [0.25, 0.3) is 5.91 Å². The zero-order valence-corrected chi connectivity index (χ0v) is 14.9. The zero-order chi connectivity index (χ0) is 18.4. The molecule has 1 aromatic rings. The molecule has 25 heavy (non-hydrogen) atoms. The van der Waals surface area contributed by atoms with E-state index in [1.807, 2.05) is 24.3 Å². The predicted molar refractivity (Wildman–Crippen MR) is 93.3 cm³/mol. The van der Waals surface area contributed by atoms with Gasteiger partial charge in [-0.1, -0.05) is 12.1 Å².